The molecule has 0 aromatic heterocycles. The van der Waals surface area contributed by atoms with E-state index >= 15 is 0 Å². The minimum Gasteiger partial charge on any atom is -0.508 e. The molecule has 0 heterocycles. The van der Waals surface area contributed by atoms with Gasteiger partial charge in [0.15, 0.2) is 0 Å². The highest BCUT2D eigenvalue weighted by Crippen LogP contribution is 2.22. The summed E-state index contributed by atoms with van der Waals surface area (Å²) in [4.78, 5) is 12.1. The fourth-order valence-corrected chi connectivity index (χ4v) is 1.79. The van der Waals surface area contributed by atoms with E-state index in [0.717, 1.165) is 0 Å². The summed E-state index contributed by atoms with van der Waals surface area (Å²) >= 11 is 5.89. The molecule has 0 aliphatic carbocycles. The van der Waals surface area contributed by atoms with Gasteiger partial charge in [0.25, 0.3) is 5.91 Å². The van der Waals surface area contributed by atoms with E-state index in [0.29, 0.717) is 12.8 Å². The summed E-state index contributed by atoms with van der Waals surface area (Å²) in [6.07, 6.45) is 1.00. The van der Waals surface area contributed by atoms with E-state index in [1.165, 1.54) is 18.2 Å². The molecular weight excluding hydrogens is 252 g/mol. The molecule has 96 valence electrons. The number of carbonyl (C=O) groups is 1. The van der Waals surface area contributed by atoms with Gasteiger partial charge >= 0.3 is 0 Å². The van der Waals surface area contributed by atoms with Crippen LogP contribution in [0, 0.1) is 11.3 Å². The first-order chi connectivity index (χ1) is 8.48. The number of nitrogens with one attached hydrogen (secondary N) is 1. The summed E-state index contributed by atoms with van der Waals surface area (Å²) < 4.78 is 0. The van der Waals surface area contributed by atoms with Crippen LogP contribution in [0.15, 0.2) is 18.2 Å². The van der Waals surface area contributed by atoms with Crippen LogP contribution in [0.5, 0.6) is 5.75 Å². The number of rotatable bonds is 4. The van der Waals surface area contributed by atoms with Gasteiger partial charge in [-0.25, -0.2) is 0 Å². The quantitative estimate of drug-likeness (QED) is 0.880. The Hall–Kier alpha value is -1.73. The van der Waals surface area contributed by atoms with Gasteiger partial charge in [0.2, 0.25) is 0 Å². The number of carbonyl (C=O) groups excluding carboxylic acids is 1. The van der Waals surface area contributed by atoms with Gasteiger partial charge < -0.3 is 10.4 Å². The van der Waals surface area contributed by atoms with Gasteiger partial charge in [-0.1, -0.05) is 25.4 Å². The fourth-order valence-electron chi connectivity index (χ4n) is 1.58. The second-order valence-electron chi connectivity index (χ2n) is 4.02. The maximum atomic E-state index is 12.1. The smallest absolute Gasteiger partial charge is 0.254 e. The van der Waals surface area contributed by atoms with Crippen LogP contribution in [0.2, 0.25) is 5.02 Å². The number of phenols is 1. The number of halogens is 1. The van der Waals surface area contributed by atoms with Crippen molar-refractivity contribution < 1.29 is 9.90 Å². The first-order valence-electron chi connectivity index (χ1n) is 5.70. The Morgan fingerprint density at radius 1 is 1.50 bits per heavy atom. The molecule has 0 saturated heterocycles. The van der Waals surface area contributed by atoms with Crippen LogP contribution in [0.1, 0.15) is 37.0 Å². The van der Waals surface area contributed by atoms with Gasteiger partial charge in [0.05, 0.1) is 16.7 Å². The molecule has 1 amide bonds. The molecule has 0 unspecified atom stereocenters. The summed E-state index contributed by atoms with van der Waals surface area (Å²) in [6.45, 7) is 3.66. The molecule has 0 spiro atoms. The number of benzene rings is 1. The van der Waals surface area contributed by atoms with Crippen molar-refractivity contribution >= 4 is 17.5 Å². The Morgan fingerprint density at radius 2 is 2.11 bits per heavy atom. The number of amides is 1. The van der Waals surface area contributed by atoms with E-state index in [-0.39, 0.29) is 16.3 Å². The van der Waals surface area contributed by atoms with Crippen molar-refractivity contribution in [1.82, 2.24) is 5.32 Å². The highest BCUT2D eigenvalue weighted by Gasteiger charge is 2.28. The highest BCUT2D eigenvalue weighted by molar-refractivity contribution is 6.33. The van der Waals surface area contributed by atoms with Crippen molar-refractivity contribution in [3.05, 3.63) is 28.8 Å². The molecule has 0 fully saturated rings. The monoisotopic (exact) mass is 266 g/mol. The van der Waals surface area contributed by atoms with Crippen LogP contribution in [-0.4, -0.2) is 16.6 Å². The highest BCUT2D eigenvalue weighted by atomic mass is 35.5. The molecule has 5 heteroatoms. The van der Waals surface area contributed by atoms with Gasteiger partial charge in [0, 0.05) is 0 Å². The maximum absolute atomic E-state index is 12.1. The Kier molecular flexibility index (Phi) is 4.57. The number of aromatic hydroxyl groups is 1. The Morgan fingerprint density at radius 3 is 2.61 bits per heavy atom. The Balaban J connectivity index is 3.02. The lowest BCUT2D eigenvalue weighted by Gasteiger charge is -2.25. The van der Waals surface area contributed by atoms with E-state index < -0.39 is 11.4 Å². The first-order valence-corrected chi connectivity index (χ1v) is 6.08. The topological polar surface area (TPSA) is 73.1 Å². The first kappa shape index (κ1) is 14.3. The summed E-state index contributed by atoms with van der Waals surface area (Å²) in [5, 5.41) is 21.4. The molecule has 0 aliphatic heterocycles. The van der Waals surface area contributed by atoms with Gasteiger partial charge in [-0.05, 0) is 31.0 Å². The number of nitriles is 1. The molecule has 4 nitrogen and oxygen atoms in total. The normalized spacial score (nSPS) is 10.8. The zero-order valence-electron chi connectivity index (χ0n) is 10.3. The largest absolute Gasteiger partial charge is 0.508 e. The Labute approximate surface area is 111 Å². The van der Waals surface area contributed by atoms with Crippen LogP contribution < -0.4 is 5.32 Å². The van der Waals surface area contributed by atoms with E-state index in [1.54, 1.807) is 0 Å². The zero-order valence-corrected chi connectivity index (χ0v) is 11.1. The SMILES string of the molecule is CCC(C#N)(CC)NC(=O)c1cc(O)ccc1Cl. The van der Waals surface area contributed by atoms with Crippen molar-refractivity contribution in [3.8, 4) is 11.8 Å². The molecule has 1 aromatic carbocycles. The van der Waals surface area contributed by atoms with E-state index in [9.17, 15) is 9.90 Å². The molecule has 0 radical (unpaired) electrons. The minimum absolute atomic E-state index is 0.0416. The van der Waals surface area contributed by atoms with Gasteiger partial charge in [-0.15, -0.1) is 0 Å². The lowest BCUT2D eigenvalue weighted by Crippen LogP contribution is -2.46. The van der Waals surface area contributed by atoms with Crippen molar-refractivity contribution in [2.24, 2.45) is 0 Å². The van der Waals surface area contributed by atoms with Gasteiger partial charge in [-0.3, -0.25) is 4.79 Å². The molecular formula is C13H15ClN2O2. The zero-order chi connectivity index (χ0) is 13.8. The van der Waals surface area contributed by atoms with Crippen LogP contribution in [0.3, 0.4) is 0 Å². The van der Waals surface area contributed by atoms with Crippen molar-refractivity contribution in [3.63, 3.8) is 0 Å². The predicted molar refractivity (Wildman–Crippen MR) is 69.5 cm³/mol. The fraction of sp³-hybridized carbons (Fsp3) is 0.385. The standard InChI is InChI=1S/C13H15ClN2O2/c1-3-13(4-2,8-15)16-12(18)10-7-9(17)5-6-11(10)14/h5-7,17H,3-4H2,1-2H3,(H,16,18). The molecule has 2 N–H and O–H groups in total. The van der Waals surface area contributed by atoms with Crippen LogP contribution in [0.4, 0.5) is 0 Å². The van der Waals surface area contributed by atoms with Crippen LogP contribution in [0.25, 0.3) is 0 Å². The minimum atomic E-state index is -0.897. The molecule has 0 saturated carbocycles. The van der Waals surface area contributed by atoms with E-state index in [1.807, 2.05) is 13.8 Å². The second-order valence-corrected chi connectivity index (χ2v) is 4.43. The average Bonchev–Trinajstić information content (AvgIpc) is 2.38. The predicted octanol–water partition coefficient (Wildman–Crippen LogP) is 2.86. The summed E-state index contributed by atoms with van der Waals surface area (Å²) in [7, 11) is 0. The number of nitrogens with zero attached hydrogens (tertiary/aromatic N) is 1. The third-order valence-corrected chi connectivity index (χ3v) is 3.30. The summed E-state index contributed by atoms with van der Waals surface area (Å²) in [5.41, 5.74) is -0.732. The Bertz CT molecular complexity index is 490. The van der Waals surface area contributed by atoms with Crippen molar-refractivity contribution in [1.29, 1.82) is 5.26 Å². The van der Waals surface area contributed by atoms with E-state index in [4.69, 9.17) is 16.9 Å². The summed E-state index contributed by atoms with van der Waals surface area (Å²) in [5.74, 6) is -0.499. The molecule has 0 bridgehead atoms. The summed E-state index contributed by atoms with van der Waals surface area (Å²) in [6, 6.07) is 6.24. The van der Waals surface area contributed by atoms with Gasteiger partial charge in [0.1, 0.15) is 11.3 Å². The molecule has 0 aliphatic rings. The molecule has 0 atom stereocenters. The van der Waals surface area contributed by atoms with E-state index in [2.05, 4.69) is 11.4 Å². The number of hydrogen-bond acceptors (Lipinski definition) is 3. The third kappa shape index (κ3) is 2.93. The van der Waals surface area contributed by atoms with Crippen molar-refractivity contribution in [2.45, 2.75) is 32.2 Å². The lowest BCUT2D eigenvalue weighted by molar-refractivity contribution is 0.0915. The van der Waals surface area contributed by atoms with Crippen LogP contribution >= 0.6 is 11.6 Å². The number of phenolic OH excluding ortho intramolecular Hbond substituents is 1. The molecule has 18 heavy (non-hydrogen) atoms. The lowest BCUT2D eigenvalue weighted by atomic mass is 9.94. The molecule has 1 rings (SSSR count). The van der Waals surface area contributed by atoms with Gasteiger partial charge in [-0.2, -0.15) is 5.26 Å². The van der Waals surface area contributed by atoms with Crippen molar-refractivity contribution in [2.75, 3.05) is 0 Å². The average molecular weight is 267 g/mol. The van der Waals surface area contributed by atoms with Crippen LogP contribution in [-0.2, 0) is 0 Å². The maximum Gasteiger partial charge on any atom is 0.254 e. The number of hydrogen-bond donors (Lipinski definition) is 2. The molecule has 1 aromatic rings. The third-order valence-electron chi connectivity index (χ3n) is 2.97. The second kappa shape index (κ2) is 5.74.